The van der Waals surface area contributed by atoms with Gasteiger partial charge in [0.1, 0.15) is 16.5 Å². The van der Waals surface area contributed by atoms with Crippen LogP contribution in [0.2, 0.25) is 5.02 Å². The first-order valence-corrected chi connectivity index (χ1v) is 11.0. The summed E-state index contributed by atoms with van der Waals surface area (Å²) in [6.07, 6.45) is 0.727. The lowest BCUT2D eigenvalue weighted by molar-refractivity contribution is -0.120. The Morgan fingerprint density at radius 2 is 1.93 bits per heavy atom. The maximum absolute atomic E-state index is 13.6. The van der Waals surface area contributed by atoms with Gasteiger partial charge in [0, 0.05) is 29.7 Å². The molecule has 0 bridgehead atoms. The maximum Gasteiger partial charge on any atom is 0.246 e. The molecule has 2 aromatic rings. The zero-order valence-electron chi connectivity index (χ0n) is 16.1. The number of ether oxygens (including phenoxy) is 1. The fraction of sp³-hybridized carbons (Fsp3) is 0.350. The summed E-state index contributed by atoms with van der Waals surface area (Å²) in [6.45, 7) is 2.14. The lowest BCUT2D eigenvalue weighted by atomic mass is 9.97. The van der Waals surface area contributed by atoms with Crippen LogP contribution in [-0.4, -0.2) is 38.8 Å². The van der Waals surface area contributed by atoms with Crippen LogP contribution >= 0.6 is 11.6 Å². The maximum atomic E-state index is 13.6. The number of hydrogen-bond donors (Lipinski definition) is 1. The lowest BCUT2D eigenvalue weighted by Gasteiger charge is -2.31. The molecule has 9 heteroatoms. The Morgan fingerprint density at radius 3 is 2.59 bits per heavy atom. The number of carbonyl (C=O) groups is 1. The smallest absolute Gasteiger partial charge is 0.246 e. The van der Waals surface area contributed by atoms with Crippen LogP contribution in [0.5, 0.6) is 5.75 Å². The van der Waals surface area contributed by atoms with Crippen molar-refractivity contribution in [1.82, 2.24) is 4.31 Å². The van der Waals surface area contributed by atoms with Crippen molar-refractivity contribution in [3.8, 4) is 5.75 Å². The van der Waals surface area contributed by atoms with Crippen LogP contribution in [0.4, 0.5) is 10.1 Å². The van der Waals surface area contributed by atoms with Gasteiger partial charge in [-0.15, -0.1) is 0 Å². The van der Waals surface area contributed by atoms with E-state index in [-0.39, 0.29) is 35.6 Å². The quantitative estimate of drug-likeness (QED) is 0.766. The summed E-state index contributed by atoms with van der Waals surface area (Å²) in [7, 11) is -2.59. The predicted octanol–water partition coefficient (Wildman–Crippen LogP) is 3.84. The Hall–Kier alpha value is -2.16. The van der Waals surface area contributed by atoms with Crippen LogP contribution in [0.25, 0.3) is 0 Å². The Kier molecular flexibility index (Phi) is 6.45. The number of piperidine rings is 1. The fourth-order valence-electron chi connectivity index (χ4n) is 3.33. The third-order valence-corrected chi connectivity index (χ3v) is 7.42. The monoisotopic (exact) mass is 440 g/mol. The molecule has 0 spiro atoms. The molecule has 3 rings (SSSR count). The molecule has 0 aliphatic carbocycles. The van der Waals surface area contributed by atoms with Gasteiger partial charge in [-0.3, -0.25) is 4.79 Å². The van der Waals surface area contributed by atoms with Crippen LogP contribution in [0, 0.1) is 18.7 Å². The van der Waals surface area contributed by atoms with Crippen molar-refractivity contribution in [2.24, 2.45) is 5.92 Å². The second-order valence-corrected chi connectivity index (χ2v) is 9.19. The highest BCUT2D eigenvalue weighted by Gasteiger charge is 2.34. The minimum Gasteiger partial charge on any atom is -0.495 e. The van der Waals surface area contributed by atoms with Crippen LogP contribution in [-0.2, 0) is 14.8 Å². The third kappa shape index (κ3) is 4.55. The number of benzene rings is 2. The highest BCUT2D eigenvalue weighted by Crippen LogP contribution is 2.31. The average molecular weight is 441 g/mol. The summed E-state index contributed by atoms with van der Waals surface area (Å²) in [5.74, 6) is -1.07. The van der Waals surface area contributed by atoms with E-state index >= 15 is 0 Å². The highest BCUT2D eigenvalue weighted by atomic mass is 35.5. The van der Waals surface area contributed by atoms with E-state index in [2.05, 4.69) is 5.32 Å². The molecule has 1 N–H and O–H groups in total. The van der Waals surface area contributed by atoms with E-state index in [4.69, 9.17) is 16.3 Å². The number of methoxy groups -OCH3 is 1. The largest absolute Gasteiger partial charge is 0.495 e. The summed E-state index contributed by atoms with van der Waals surface area (Å²) in [5, 5.41) is 3.43. The second-order valence-electron chi connectivity index (χ2n) is 6.88. The second kappa shape index (κ2) is 8.69. The van der Waals surface area contributed by atoms with E-state index in [1.54, 1.807) is 18.2 Å². The van der Waals surface area contributed by atoms with Gasteiger partial charge in [0.15, 0.2) is 0 Å². The van der Waals surface area contributed by atoms with Gasteiger partial charge < -0.3 is 10.1 Å². The number of nitrogens with zero attached hydrogens (tertiary/aromatic N) is 1. The summed E-state index contributed by atoms with van der Waals surface area (Å²) < 4.78 is 45.8. The van der Waals surface area contributed by atoms with Crippen LogP contribution in [0.1, 0.15) is 18.4 Å². The number of halogens is 2. The molecule has 0 atom stereocenters. The van der Waals surface area contributed by atoms with Crippen molar-refractivity contribution in [3.05, 3.63) is 52.8 Å². The van der Waals surface area contributed by atoms with Gasteiger partial charge in [-0.25, -0.2) is 12.8 Å². The van der Waals surface area contributed by atoms with Gasteiger partial charge >= 0.3 is 0 Å². The molecule has 156 valence electrons. The summed E-state index contributed by atoms with van der Waals surface area (Å²) in [4.78, 5) is 12.4. The Morgan fingerprint density at radius 1 is 1.24 bits per heavy atom. The van der Waals surface area contributed by atoms with Crippen molar-refractivity contribution in [2.75, 3.05) is 25.5 Å². The van der Waals surface area contributed by atoms with Gasteiger partial charge in [0.05, 0.1) is 7.11 Å². The lowest BCUT2D eigenvalue weighted by Crippen LogP contribution is -2.41. The molecule has 1 aliphatic heterocycles. The molecule has 0 unspecified atom stereocenters. The zero-order chi connectivity index (χ0) is 21.2. The number of sulfonamides is 1. The summed E-state index contributed by atoms with van der Waals surface area (Å²) >= 11 is 6.08. The molecule has 1 heterocycles. The number of rotatable bonds is 5. The average Bonchev–Trinajstić information content (AvgIpc) is 2.71. The number of hydrogen-bond acceptors (Lipinski definition) is 4. The molecule has 1 amide bonds. The van der Waals surface area contributed by atoms with E-state index in [1.165, 1.54) is 17.5 Å². The predicted molar refractivity (Wildman–Crippen MR) is 109 cm³/mol. The SMILES string of the molecule is COc1ccc(F)cc1S(=O)(=O)N1CCC(C(=O)Nc2cccc(Cl)c2C)CC1. The molecule has 1 aliphatic rings. The Labute approximate surface area is 174 Å². The van der Waals surface area contributed by atoms with Crippen molar-refractivity contribution in [2.45, 2.75) is 24.7 Å². The first-order valence-electron chi connectivity index (χ1n) is 9.13. The highest BCUT2D eigenvalue weighted by molar-refractivity contribution is 7.89. The number of amides is 1. The van der Waals surface area contributed by atoms with E-state index < -0.39 is 15.8 Å². The first-order chi connectivity index (χ1) is 13.7. The molecule has 0 aromatic heterocycles. The number of carbonyl (C=O) groups excluding carboxylic acids is 1. The van der Waals surface area contributed by atoms with Gasteiger partial charge in [0.2, 0.25) is 15.9 Å². The topological polar surface area (TPSA) is 75.7 Å². The van der Waals surface area contributed by atoms with E-state index in [0.29, 0.717) is 23.6 Å². The Bertz CT molecular complexity index is 1020. The number of nitrogens with one attached hydrogen (secondary N) is 1. The molecule has 0 radical (unpaired) electrons. The minimum atomic E-state index is -3.93. The zero-order valence-corrected chi connectivity index (χ0v) is 17.7. The Balaban J connectivity index is 1.69. The minimum absolute atomic E-state index is 0.0858. The van der Waals surface area contributed by atoms with Crippen LogP contribution < -0.4 is 10.1 Å². The summed E-state index contributed by atoms with van der Waals surface area (Å²) in [6, 6.07) is 8.66. The fourth-order valence-corrected chi connectivity index (χ4v) is 5.14. The molecule has 29 heavy (non-hydrogen) atoms. The van der Waals surface area contributed by atoms with Gasteiger partial charge in [-0.1, -0.05) is 17.7 Å². The van der Waals surface area contributed by atoms with Gasteiger partial charge in [-0.05, 0) is 55.7 Å². The van der Waals surface area contributed by atoms with Crippen molar-refractivity contribution in [1.29, 1.82) is 0 Å². The van der Waals surface area contributed by atoms with Crippen LogP contribution in [0.3, 0.4) is 0 Å². The first kappa shape index (κ1) is 21.5. The molecule has 6 nitrogen and oxygen atoms in total. The molecular formula is C20H22ClFN2O4S. The summed E-state index contributed by atoms with van der Waals surface area (Å²) in [5.41, 5.74) is 1.42. The molecule has 0 saturated carbocycles. The van der Waals surface area contributed by atoms with E-state index in [0.717, 1.165) is 17.7 Å². The molecular weight excluding hydrogens is 419 g/mol. The van der Waals surface area contributed by atoms with E-state index in [9.17, 15) is 17.6 Å². The van der Waals surface area contributed by atoms with Gasteiger partial charge in [-0.2, -0.15) is 4.31 Å². The van der Waals surface area contributed by atoms with E-state index in [1.807, 2.05) is 6.92 Å². The van der Waals surface area contributed by atoms with Crippen LogP contribution in [0.15, 0.2) is 41.3 Å². The standard InChI is InChI=1S/C20H22ClFN2O4S/c1-13-16(21)4-3-5-17(13)23-20(25)14-8-10-24(11-9-14)29(26,27)19-12-15(22)6-7-18(19)28-2/h3-7,12,14H,8-11H2,1-2H3,(H,23,25). The van der Waals surface area contributed by atoms with Gasteiger partial charge in [0.25, 0.3) is 0 Å². The normalized spacial score (nSPS) is 15.9. The van der Waals surface area contributed by atoms with Crippen molar-refractivity contribution in [3.63, 3.8) is 0 Å². The van der Waals surface area contributed by atoms with Crippen molar-refractivity contribution < 1.29 is 22.3 Å². The number of anilines is 1. The molecule has 1 saturated heterocycles. The molecule has 1 fully saturated rings. The molecule has 2 aromatic carbocycles. The third-order valence-electron chi connectivity index (χ3n) is 5.09. The van der Waals surface area contributed by atoms with Crippen molar-refractivity contribution >= 4 is 33.2 Å².